The number of rotatable bonds is 6. The maximum Gasteiger partial charge on any atom is 0.233 e. The summed E-state index contributed by atoms with van der Waals surface area (Å²) in [6, 6.07) is 11.5. The second kappa shape index (κ2) is 7.53. The Morgan fingerprint density at radius 3 is 2.62 bits per heavy atom. The van der Waals surface area contributed by atoms with Crippen molar-refractivity contribution in [1.82, 2.24) is 10.3 Å². The number of hydrogen-bond acceptors (Lipinski definition) is 2. The third kappa shape index (κ3) is 4.12. The van der Waals surface area contributed by atoms with Crippen molar-refractivity contribution in [3.63, 3.8) is 0 Å². The quantitative estimate of drug-likeness (QED) is 0.828. The van der Waals surface area contributed by atoms with Gasteiger partial charge in [0.05, 0.1) is 5.69 Å². The topological polar surface area (TPSA) is 42.0 Å². The number of carbonyl (C=O) groups is 1. The van der Waals surface area contributed by atoms with Gasteiger partial charge in [0.2, 0.25) is 5.91 Å². The van der Waals surface area contributed by atoms with Crippen LogP contribution in [0.4, 0.5) is 4.39 Å². The van der Waals surface area contributed by atoms with Gasteiger partial charge in [0.15, 0.2) is 0 Å². The molecule has 0 saturated carbocycles. The van der Waals surface area contributed by atoms with Crippen molar-refractivity contribution < 1.29 is 9.18 Å². The van der Waals surface area contributed by atoms with Gasteiger partial charge in [0.1, 0.15) is 11.7 Å². The average Bonchev–Trinajstić information content (AvgIpc) is 2.51. The molecule has 0 bridgehead atoms. The van der Waals surface area contributed by atoms with Gasteiger partial charge in [-0.15, -0.1) is 0 Å². The maximum absolute atomic E-state index is 13.1. The molecular formula is C17H19FN2O. The van der Waals surface area contributed by atoms with E-state index in [2.05, 4.69) is 17.2 Å². The van der Waals surface area contributed by atoms with Crippen LogP contribution in [0.25, 0.3) is 0 Å². The Labute approximate surface area is 124 Å². The first kappa shape index (κ1) is 15.2. The number of hydrogen-bond donors (Lipinski definition) is 1. The summed E-state index contributed by atoms with van der Waals surface area (Å²) < 4.78 is 13.1. The lowest BCUT2D eigenvalue weighted by molar-refractivity contribution is -0.121. The number of amides is 1. The summed E-state index contributed by atoms with van der Waals surface area (Å²) >= 11 is 0. The van der Waals surface area contributed by atoms with Gasteiger partial charge in [0.25, 0.3) is 0 Å². The van der Waals surface area contributed by atoms with Gasteiger partial charge in [-0.05, 0) is 36.2 Å². The first-order chi connectivity index (χ1) is 10.2. The summed E-state index contributed by atoms with van der Waals surface area (Å²) in [4.78, 5) is 16.7. The van der Waals surface area contributed by atoms with E-state index in [0.717, 1.165) is 18.4 Å². The predicted molar refractivity (Wildman–Crippen MR) is 80.4 cm³/mol. The number of nitrogens with one attached hydrogen (secondary N) is 1. The first-order valence-corrected chi connectivity index (χ1v) is 7.16. The molecule has 1 atom stereocenters. The Morgan fingerprint density at radius 1 is 1.24 bits per heavy atom. The SMILES string of the molecule is CCCCNC(=O)C(c1ccc(F)cc1)c1ccccn1. The van der Waals surface area contributed by atoms with E-state index in [-0.39, 0.29) is 11.7 Å². The van der Waals surface area contributed by atoms with E-state index in [1.54, 1.807) is 24.4 Å². The molecule has 110 valence electrons. The molecule has 1 amide bonds. The molecule has 3 nitrogen and oxygen atoms in total. The average molecular weight is 286 g/mol. The molecule has 4 heteroatoms. The number of aromatic nitrogens is 1. The fraction of sp³-hybridized carbons (Fsp3) is 0.294. The van der Waals surface area contributed by atoms with Crippen LogP contribution in [0.2, 0.25) is 0 Å². The number of nitrogens with zero attached hydrogens (tertiary/aromatic N) is 1. The Morgan fingerprint density at radius 2 is 2.00 bits per heavy atom. The molecule has 1 aromatic carbocycles. The van der Waals surface area contributed by atoms with E-state index in [1.807, 2.05) is 12.1 Å². The van der Waals surface area contributed by atoms with E-state index in [1.165, 1.54) is 12.1 Å². The van der Waals surface area contributed by atoms with E-state index < -0.39 is 5.92 Å². The van der Waals surface area contributed by atoms with Crippen LogP contribution in [0, 0.1) is 5.82 Å². The molecular weight excluding hydrogens is 267 g/mol. The molecule has 2 aromatic rings. The second-order valence-corrected chi connectivity index (χ2v) is 4.88. The Balaban J connectivity index is 2.26. The van der Waals surface area contributed by atoms with E-state index >= 15 is 0 Å². The second-order valence-electron chi connectivity index (χ2n) is 4.88. The highest BCUT2D eigenvalue weighted by atomic mass is 19.1. The molecule has 0 fully saturated rings. The molecule has 1 heterocycles. The molecule has 1 aromatic heterocycles. The van der Waals surface area contributed by atoms with Crippen LogP contribution in [-0.2, 0) is 4.79 Å². The zero-order valence-electron chi connectivity index (χ0n) is 12.1. The number of benzene rings is 1. The summed E-state index contributed by atoms with van der Waals surface area (Å²) in [5.74, 6) is -0.928. The van der Waals surface area contributed by atoms with Crippen molar-refractivity contribution in [2.24, 2.45) is 0 Å². The third-order valence-electron chi connectivity index (χ3n) is 3.28. The minimum absolute atomic E-state index is 0.103. The van der Waals surface area contributed by atoms with Gasteiger partial charge in [-0.1, -0.05) is 31.5 Å². The van der Waals surface area contributed by atoms with Crippen LogP contribution in [0.15, 0.2) is 48.7 Å². The lowest BCUT2D eigenvalue weighted by Crippen LogP contribution is -2.31. The van der Waals surface area contributed by atoms with Crippen LogP contribution in [0.3, 0.4) is 0 Å². The lowest BCUT2D eigenvalue weighted by Gasteiger charge is -2.17. The highest BCUT2D eigenvalue weighted by molar-refractivity contribution is 5.86. The molecule has 0 spiro atoms. The molecule has 2 rings (SSSR count). The predicted octanol–water partition coefficient (Wildman–Crippen LogP) is 3.27. The molecule has 21 heavy (non-hydrogen) atoms. The minimum Gasteiger partial charge on any atom is -0.355 e. The van der Waals surface area contributed by atoms with Gasteiger partial charge >= 0.3 is 0 Å². The van der Waals surface area contributed by atoms with Crippen LogP contribution in [-0.4, -0.2) is 17.4 Å². The number of carbonyl (C=O) groups excluding carboxylic acids is 1. The number of halogens is 1. The minimum atomic E-state index is -0.511. The van der Waals surface area contributed by atoms with Crippen molar-refractivity contribution in [1.29, 1.82) is 0 Å². The summed E-state index contributed by atoms with van der Waals surface area (Å²) in [7, 11) is 0. The van der Waals surface area contributed by atoms with Gasteiger partial charge in [-0.25, -0.2) is 4.39 Å². The van der Waals surface area contributed by atoms with E-state index in [4.69, 9.17) is 0 Å². The largest absolute Gasteiger partial charge is 0.355 e. The zero-order valence-corrected chi connectivity index (χ0v) is 12.1. The van der Waals surface area contributed by atoms with Gasteiger partial charge in [-0.3, -0.25) is 9.78 Å². The summed E-state index contributed by atoms with van der Waals surface area (Å²) in [5, 5.41) is 2.92. The number of pyridine rings is 1. The van der Waals surface area contributed by atoms with Crippen LogP contribution < -0.4 is 5.32 Å². The molecule has 1 unspecified atom stereocenters. The van der Waals surface area contributed by atoms with Crippen LogP contribution >= 0.6 is 0 Å². The Kier molecular flexibility index (Phi) is 5.43. The lowest BCUT2D eigenvalue weighted by atomic mass is 9.94. The fourth-order valence-corrected chi connectivity index (χ4v) is 2.15. The summed E-state index contributed by atoms with van der Waals surface area (Å²) in [6.45, 7) is 2.71. The summed E-state index contributed by atoms with van der Waals surface area (Å²) in [5.41, 5.74) is 1.40. The van der Waals surface area contributed by atoms with Crippen LogP contribution in [0.1, 0.15) is 36.9 Å². The maximum atomic E-state index is 13.1. The molecule has 0 aliphatic carbocycles. The van der Waals surface area contributed by atoms with E-state index in [0.29, 0.717) is 12.2 Å². The first-order valence-electron chi connectivity index (χ1n) is 7.16. The Bertz CT molecular complexity index is 569. The highest BCUT2D eigenvalue weighted by Crippen LogP contribution is 2.23. The number of unbranched alkanes of at least 4 members (excludes halogenated alkanes) is 1. The zero-order chi connectivity index (χ0) is 15.1. The molecule has 0 saturated heterocycles. The van der Waals surface area contributed by atoms with Crippen molar-refractivity contribution in [2.75, 3.05) is 6.54 Å². The molecule has 0 radical (unpaired) electrons. The van der Waals surface area contributed by atoms with Crippen LogP contribution in [0.5, 0.6) is 0 Å². The highest BCUT2D eigenvalue weighted by Gasteiger charge is 2.23. The third-order valence-corrected chi connectivity index (χ3v) is 3.28. The van der Waals surface area contributed by atoms with E-state index in [9.17, 15) is 9.18 Å². The Hall–Kier alpha value is -2.23. The van der Waals surface area contributed by atoms with Gasteiger partial charge in [-0.2, -0.15) is 0 Å². The standard InChI is InChI=1S/C17H19FN2O/c1-2-3-11-20-17(21)16(15-6-4-5-12-19-15)13-7-9-14(18)10-8-13/h4-10,12,16H,2-3,11H2,1H3,(H,20,21). The van der Waals surface area contributed by atoms with Crippen molar-refractivity contribution in [3.8, 4) is 0 Å². The smallest absolute Gasteiger partial charge is 0.233 e. The summed E-state index contributed by atoms with van der Waals surface area (Å²) in [6.07, 6.45) is 3.61. The molecule has 1 N–H and O–H groups in total. The van der Waals surface area contributed by atoms with Crippen molar-refractivity contribution in [3.05, 3.63) is 65.7 Å². The van der Waals surface area contributed by atoms with Crippen molar-refractivity contribution >= 4 is 5.91 Å². The molecule has 0 aliphatic heterocycles. The van der Waals surface area contributed by atoms with Crippen molar-refractivity contribution in [2.45, 2.75) is 25.7 Å². The monoisotopic (exact) mass is 286 g/mol. The normalized spacial score (nSPS) is 11.9. The van der Waals surface area contributed by atoms with Gasteiger partial charge in [0, 0.05) is 12.7 Å². The fourth-order valence-electron chi connectivity index (χ4n) is 2.15. The molecule has 0 aliphatic rings. The van der Waals surface area contributed by atoms with Gasteiger partial charge < -0.3 is 5.32 Å².